The highest BCUT2D eigenvalue weighted by atomic mass is 35.5. The molecule has 2 saturated heterocycles. The lowest BCUT2D eigenvalue weighted by Crippen LogP contribution is -2.51. The number of piperazine rings is 1. The number of amides is 1. The molecule has 2 aromatic carbocycles. The molecule has 6 nitrogen and oxygen atoms in total. The molecule has 2 aliphatic rings. The predicted molar refractivity (Wildman–Crippen MR) is 159 cm³/mol. The lowest BCUT2D eigenvalue weighted by molar-refractivity contribution is -0.135. The van der Waals surface area contributed by atoms with Gasteiger partial charge in [-0.3, -0.25) is 4.79 Å². The van der Waals surface area contributed by atoms with Gasteiger partial charge in [0.05, 0.1) is 27.3 Å². The molecule has 0 radical (unpaired) electrons. The van der Waals surface area contributed by atoms with Crippen LogP contribution in [0.4, 0.5) is 10.1 Å². The molecule has 4 rings (SSSR count). The molecule has 39 heavy (non-hydrogen) atoms. The molecule has 0 aliphatic carbocycles. The van der Waals surface area contributed by atoms with Gasteiger partial charge < -0.3 is 15.1 Å². The van der Waals surface area contributed by atoms with Crippen molar-refractivity contribution in [2.24, 2.45) is 11.8 Å². The quantitative estimate of drug-likeness (QED) is 0.441. The van der Waals surface area contributed by atoms with Crippen molar-refractivity contribution in [1.82, 2.24) is 14.9 Å². The minimum atomic E-state index is -1.31. The summed E-state index contributed by atoms with van der Waals surface area (Å²) in [5.41, 5.74) is 2.24. The molecule has 2 N–H and O–H groups in total. The standard InChI is InChI=1S/C29H39Cl2FN4O2S/c1-18(2)26(34-39(38)29(3,4)5)21-7-6-8-25(32)27(21)35-11-13-36(14-12-35)28(37)23-17-33-16-22(23)20-10-9-19(30)15-24(20)31/h6-10,15,18,22-23,26,33-34H,11-14,16-17H2,1-5H3/t22?,23-,26?,39?/m1/s1. The fraction of sp³-hybridized carbons (Fsp3) is 0.552. The van der Waals surface area contributed by atoms with Crippen LogP contribution in [0.5, 0.6) is 0 Å². The Morgan fingerprint density at radius 3 is 2.41 bits per heavy atom. The summed E-state index contributed by atoms with van der Waals surface area (Å²) < 4.78 is 31.2. The fourth-order valence-corrected chi connectivity index (χ4v) is 6.95. The maximum Gasteiger partial charge on any atom is 0.227 e. The van der Waals surface area contributed by atoms with E-state index in [0.717, 1.165) is 11.1 Å². The van der Waals surface area contributed by atoms with Crippen molar-refractivity contribution in [1.29, 1.82) is 0 Å². The molecule has 0 bridgehead atoms. The molecule has 214 valence electrons. The first kappa shape index (κ1) is 30.3. The van der Waals surface area contributed by atoms with E-state index in [0.29, 0.717) is 55.0 Å². The summed E-state index contributed by atoms with van der Waals surface area (Å²) in [5.74, 6) is -0.377. The average Bonchev–Trinajstić information content (AvgIpc) is 3.35. The lowest BCUT2D eigenvalue weighted by Gasteiger charge is -2.39. The number of benzene rings is 2. The minimum absolute atomic E-state index is 0.0278. The van der Waals surface area contributed by atoms with E-state index in [-0.39, 0.29) is 35.5 Å². The van der Waals surface area contributed by atoms with Crippen LogP contribution in [0, 0.1) is 17.7 Å². The van der Waals surface area contributed by atoms with E-state index >= 15 is 4.39 Å². The third-order valence-electron chi connectivity index (χ3n) is 7.61. The summed E-state index contributed by atoms with van der Waals surface area (Å²) in [4.78, 5) is 17.5. The number of carbonyl (C=O) groups excluding carboxylic acids is 1. The number of hydrogen-bond donors (Lipinski definition) is 2. The molecule has 0 saturated carbocycles. The van der Waals surface area contributed by atoms with Gasteiger partial charge in [0, 0.05) is 61.3 Å². The Balaban J connectivity index is 1.50. The van der Waals surface area contributed by atoms with Crippen LogP contribution < -0.4 is 14.9 Å². The van der Waals surface area contributed by atoms with Crippen molar-refractivity contribution in [2.45, 2.75) is 51.3 Å². The molecular weight excluding hydrogens is 558 g/mol. The lowest BCUT2D eigenvalue weighted by atomic mass is 9.87. The minimum Gasteiger partial charge on any atom is -0.365 e. The molecule has 2 aromatic rings. The highest BCUT2D eigenvalue weighted by Crippen LogP contribution is 2.37. The van der Waals surface area contributed by atoms with Crippen molar-refractivity contribution < 1.29 is 13.4 Å². The SMILES string of the molecule is CC(C)C(NS(=O)C(C)(C)C)c1cccc(F)c1N1CCN(C(=O)[C@@H]2CNCC2c2ccc(Cl)cc2Cl)CC1. The smallest absolute Gasteiger partial charge is 0.227 e. The predicted octanol–water partition coefficient (Wildman–Crippen LogP) is 5.53. The van der Waals surface area contributed by atoms with Gasteiger partial charge in [0.15, 0.2) is 0 Å². The topological polar surface area (TPSA) is 64.7 Å². The first-order valence-electron chi connectivity index (χ1n) is 13.5. The van der Waals surface area contributed by atoms with E-state index in [1.165, 1.54) is 6.07 Å². The van der Waals surface area contributed by atoms with E-state index in [4.69, 9.17) is 23.2 Å². The van der Waals surface area contributed by atoms with Crippen LogP contribution in [-0.2, 0) is 15.8 Å². The molecule has 0 spiro atoms. The molecule has 1 amide bonds. The van der Waals surface area contributed by atoms with Gasteiger partial charge in [-0.1, -0.05) is 55.2 Å². The molecule has 2 aliphatic heterocycles. The second-order valence-electron chi connectivity index (χ2n) is 11.7. The Hall–Kier alpha value is -1.71. The van der Waals surface area contributed by atoms with Gasteiger partial charge >= 0.3 is 0 Å². The Labute approximate surface area is 244 Å². The van der Waals surface area contributed by atoms with Gasteiger partial charge in [-0.2, -0.15) is 0 Å². The van der Waals surface area contributed by atoms with Crippen LogP contribution in [-0.4, -0.2) is 59.0 Å². The zero-order valence-electron chi connectivity index (χ0n) is 23.3. The third kappa shape index (κ3) is 6.79. The summed E-state index contributed by atoms with van der Waals surface area (Å²) in [6.45, 7) is 13.1. The van der Waals surface area contributed by atoms with Crippen molar-refractivity contribution in [3.63, 3.8) is 0 Å². The second-order valence-corrected chi connectivity index (χ2v) is 14.6. The summed E-state index contributed by atoms with van der Waals surface area (Å²) >= 11 is 12.6. The average molecular weight is 598 g/mol. The molecule has 0 aromatic heterocycles. The van der Waals surface area contributed by atoms with Gasteiger partial charge in [0.2, 0.25) is 5.91 Å². The number of nitrogens with one attached hydrogen (secondary N) is 2. The first-order chi connectivity index (χ1) is 18.4. The summed E-state index contributed by atoms with van der Waals surface area (Å²) in [5, 5.41) is 4.50. The number of halogens is 3. The van der Waals surface area contributed by atoms with Crippen LogP contribution >= 0.6 is 23.2 Å². The van der Waals surface area contributed by atoms with Crippen molar-refractivity contribution in [2.75, 3.05) is 44.2 Å². The fourth-order valence-electron chi connectivity index (χ4n) is 5.42. The van der Waals surface area contributed by atoms with E-state index in [1.54, 1.807) is 12.1 Å². The molecular formula is C29H39Cl2FN4O2S. The number of para-hydroxylation sites is 1. The van der Waals surface area contributed by atoms with Crippen LogP contribution in [0.3, 0.4) is 0 Å². The maximum atomic E-state index is 15.4. The third-order valence-corrected chi connectivity index (χ3v) is 9.75. The number of hydrogen-bond acceptors (Lipinski definition) is 4. The largest absolute Gasteiger partial charge is 0.365 e. The maximum absolute atomic E-state index is 15.4. The van der Waals surface area contributed by atoms with Crippen LogP contribution in [0.25, 0.3) is 0 Å². The van der Waals surface area contributed by atoms with E-state index in [2.05, 4.69) is 10.0 Å². The highest BCUT2D eigenvalue weighted by molar-refractivity contribution is 7.84. The zero-order valence-corrected chi connectivity index (χ0v) is 25.6. The summed E-state index contributed by atoms with van der Waals surface area (Å²) in [6.07, 6.45) is 0. The molecule has 2 fully saturated rings. The Kier molecular flexibility index (Phi) is 9.65. The Morgan fingerprint density at radius 2 is 1.79 bits per heavy atom. The summed E-state index contributed by atoms with van der Waals surface area (Å²) in [6, 6.07) is 10.2. The Morgan fingerprint density at radius 1 is 1.10 bits per heavy atom. The van der Waals surface area contributed by atoms with Crippen molar-refractivity contribution in [3.8, 4) is 0 Å². The van der Waals surface area contributed by atoms with E-state index < -0.39 is 15.7 Å². The number of anilines is 1. The van der Waals surface area contributed by atoms with E-state index in [9.17, 15) is 9.00 Å². The van der Waals surface area contributed by atoms with Gasteiger partial charge in [-0.25, -0.2) is 13.3 Å². The van der Waals surface area contributed by atoms with Crippen LogP contribution in [0.15, 0.2) is 36.4 Å². The number of nitrogens with zero attached hydrogens (tertiary/aromatic N) is 2. The normalized spacial score (nSPS) is 21.9. The highest BCUT2D eigenvalue weighted by Gasteiger charge is 2.39. The van der Waals surface area contributed by atoms with Gasteiger partial charge in [0.25, 0.3) is 0 Å². The Bertz CT molecular complexity index is 1210. The van der Waals surface area contributed by atoms with E-state index in [1.807, 2.05) is 62.6 Å². The van der Waals surface area contributed by atoms with Crippen LogP contribution in [0.2, 0.25) is 10.0 Å². The van der Waals surface area contributed by atoms with Crippen molar-refractivity contribution >= 4 is 45.8 Å². The zero-order chi connectivity index (χ0) is 28.5. The summed E-state index contributed by atoms with van der Waals surface area (Å²) in [7, 11) is -1.31. The second kappa shape index (κ2) is 12.4. The van der Waals surface area contributed by atoms with Crippen molar-refractivity contribution in [3.05, 3.63) is 63.4 Å². The first-order valence-corrected chi connectivity index (χ1v) is 15.4. The van der Waals surface area contributed by atoms with Gasteiger partial charge in [-0.15, -0.1) is 0 Å². The monoisotopic (exact) mass is 596 g/mol. The molecule has 3 unspecified atom stereocenters. The van der Waals surface area contributed by atoms with Crippen LogP contribution in [0.1, 0.15) is 57.7 Å². The molecule has 2 heterocycles. The van der Waals surface area contributed by atoms with Gasteiger partial charge in [-0.05, 0) is 56.0 Å². The molecule has 4 atom stereocenters. The number of carbonyl (C=O) groups is 1. The van der Waals surface area contributed by atoms with Gasteiger partial charge in [0.1, 0.15) is 5.82 Å². The molecule has 10 heteroatoms. The number of rotatable bonds is 7.